The molecule has 0 radical (unpaired) electrons. The Kier molecular flexibility index (Phi) is 5.56. The lowest BCUT2D eigenvalue weighted by atomic mass is 9.97. The molecule has 2 aromatic heterocycles. The van der Waals surface area contributed by atoms with Gasteiger partial charge in [0.1, 0.15) is 0 Å². The first-order valence-corrected chi connectivity index (χ1v) is 10.2. The fourth-order valence-electron chi connectivity index (χ4n) is 3.98. The van der Waals surface area contributed by atoms with E-state index < -0.39 is 0 Å². The first-order chi connectivity index (χ1) is 14.9. The molecular weight excluding hydrogens is 384 g/mol. The third-order valence-corrected chi connectivity index (χ3v) is 5.36. The summed E-state index contributed by atoms with van der Waals surface area (Å²) in [7, 11) is 0. The number of azide groups is 1. The molecule has 154 valence electrons. The van der Waals surface area contributed by atoms with Crippen LogP contribution in [0.3, 0.4) is 0 Å². The van der Waals surface area contributed by atoms with Gasteiger partial charge < -0.3 is 4.98 Å². The largest absolute Gasteiger partial charge is 0.358 e. The molecule has 0 fully saturated rings. The van der Waals surface area contributed by atoms with E-state index in [-0.39, 0.29) is 0 Å². The number of aromatic nitrogens is 2. The molecule has 4 rings (SSSR count). The maximum atomic E-state index is 8.54. The molecule has 0 unspecified atom stereocenters. The van der Waals surface area contributed by atoms with Crippen molar-refractivity contribution in [2.75, 3.05) is 0 Å². The van der Waals surface area contributed by atoms with E-state index in [4.69, 9.17) is 10.5 Å². The number of benzene rings is 1. The van der Waals surface area contributed by atoms with Crippen LogP contribution in [0.2, 0.25) is 0 Å². The maximum absolute atomic E-state index is 8.54. The lowest BCUT2D eigenvalue weighted by Crippen LogP contribution is -2.33. The highest BCUT2D eigenvalue weighted by molar-refractivity contribution is 6.00. The fourth-order valence-corrected chi connectivity index (χ4v) is 3.98. The van der Waals surface area contributed by atoms with Gasteiger partial charge in [0.25, 0.3) is 0 Å². The van der Waals surface area contributed by atoms with Crippen molar-refractivity contribution in [3.05, 3.63) is 111 Å². The van der Waals surface area contributed by atoms with Crippen LogP contribution < -0.4 is 4.57 Å². The minimum absolute atomic E-state index is 0.621. The lowest BCUT2D eigenvalue weighted by Gasteiger charge is -2.12. The molecule has 6 heteroatoms. The minimum Gasteiger partial charge on any atom is -0.358 e. The van der Waals surface area contributed by atoms with Crippen molar-refractivity contribution in [3.8, 4) is 0 Å². The molecule has 1 aliphatic heterocycles. The molecule has 0 amide bonds. The number of nitrogens with zero attached hydrogens (tertiary/aromatic N) is 5. The number of allylic oxidation sites excluding steroid dienone is 2. The Morgan fingerprint density at radius 2 is 1.77 bits per heavy atom. The predicted molar refractivity (Wildman–Crippen MR) is 124 cm³/mol. The third-order valence-electron chi connectivity index (χ3n) is 5.36. The van der Waals surface area contributed by atoms with Crippen LogP contribution in [-0.4, -0.2) is 10.7 Å². The summed E-state index contributed by atoms with van der Waals surface area (Å²) >= 11 is 0. The summed E-state index contributed by atoms with van der Waals surface area (Å²) in [4.78, 5) is 11.2. The van der Waals surface area contributed by atoms with Gasteiger partial charge in [-0.1, -0.05) is 29.4 Å². The van der Waals surface area contributed by atoms with Crippen molar-refractivity contribution in [1.29, 1.82) is 0 Å². The number of nitrogens with one attached hydrogen (secondary N) is 1. The Balaban J connectivity index is 1.69. The second-order valence-corrected chi connectivity index (χ2v) is 7.93. The molecule has 1 aliphatic rings. The van der Waals surface area contributed by atoms with Crippen molar-refractivity contribution in [1.82, 2.24) is 4.98 Å². The molecule has 0 spiro atoms. The summed E-state index contributed by atoms with van der Waals surface area (Å²) in [5.74, 6) is 0. The van der Waals surface area contributed by atoms with E-state index in [1.165, 1.54) is 11.1 Å². The van der Waals surface area contributed by atoms with E-state index in [0.717, 1.165) is 46.0 Å². The molecule has 0 atom stereocenters. The molecule has 3 aromatic rings. The Morgan fingerprint density at radius 3 is 2.32 bits per heavy atom. The third kappa shape index (κ3) is 4.34. The van der Waals surface area contributed by atoms with Crippen LogP contribution >= 0.6 is 0 Å². The van der Waals surface area contributed by atoms with Gasteiger partial charge in [0.2, 0.25) is 0 Å². The van der Waals surface area contributed by atoms with E-state index in [9.17, 15) is 0 Å². The van der Waals surface area contributed by atoms with Gasteiger partial charge in [-0.2, -0.15) is 0 Å². The van der Waals surface area contributed by atoms with Crippen LogP contribution in [0.1, 0.15) is 41.9 Å². The molecule has 3 heterocycles. The van der Waals surface area contributed by atoms with Gasteiger partial charge in [0.15, 0.2) is 18.9 Å². The normalized spacial score (nSPS) is 14.7. The Hall–Kier alpha value is -3.89. The van der Waals surface area contributed by atoms with E-state index in [0.29, 0.717) is 5.69 Å². The van der Waals surface area contributed by atoms with Crippen molar-refractivity contribution in [3.63, 3.8) is 0 Å². The molecule has 0 aliphatic carbocycles. The van der Waals surface area contributed by atoms with E-state index >= 15 is 0 Å². The highest BCUT2D eigenvalue weighted by Crippen LogP contribution is 2.34. The number of H-pyrrole nitrogens is 1. The Morgan fingerprint density at radius 1 is 1.06 bits per heavy atom. The van der Waals surface area contributed by atoms with Crippen molar-refractivity contribution in [2.45, 2.75) is 34.2 Å². The fraction of sp³-hybridized carbons (Fsp3) is 0.200. The summed E-state index contributed by atoms with van der Waals surface area (Å²) < 4.78 is 2.13. The number of aliphatic imine (C=N–C) groups is 1. The second kappa shape index (κ2) is 8.46. The SMILES string of the molecule is CC1=CC(C)=N/C1=C(/c1cc[n+](Cc2ccc(N=[N+]=[N-])cc2)cc1)c1[nH]c(C)cc1C. The van der Waals surface area contributed by atoms with Crippen LogP contribution in [0, 0.1) is 13.8 Å². The summed E-state index contributed by atoms with van der Waals surface area (Å²) in [6.45, 7) is 9.10. The van der Waals surface area contributed by atoms with E-state index in [1.54, 1.807) is 0 Å². The summed E-state index contributed by atoms with van der Waals surface area (Å²) in [6.07, 6.45) is 6.31. The average Bonchev–Trinajstić information content (AvgIpc) is 3.25. The first-order valence-electron chi connectivity index (χ1n) is 10.2. The zero-order valence-electron chi connectivity index (χ0n) is 18.2. The van der Waals surface area contributed by atoms with Gasteiger partial charge in [-0.05, 0) is 62.1 Å². The zero-order valence-corrected chi connectivity index (χ0v) is 18.2. The maximum Gasteiger partial charge on any atom is 0.173 e. The van der Waals surface area contributed by atoms with Crippen LogP contribution in [-0.2, 0) is 6.54 Å². The Labute approximate surface area is 181 Å². The quantitative estimate of drug-likeness (QED) is 0.229. The summed E-state index contributed by atoms with van der Waals surface area (Å²) in [5, 5.41) is 3.62. The van der Waals surface area contributed by atoms with Crippen LogP contribution in [0.5, 0.6) is 0 Å². The van der Waals surface area contributed by atoms with Crippen LogP contribution in [0.25, 0.3) is 16.0 Å². The van der Waals surface area contributed by atoms with Crippen LogP contribution in [0.4, 0.5) is 5.69 Å². The zero-order chi connectivity index (χ0) is 22.0. The van der Waals surface area contributed by atoms with E-state index in [2.05, 4.69) is 77.0 Å². The molecule has 0 bridgehead atoms. The van der Waals surface area contributed by atoms with Gasteiger partial charge >= 0.3 is 0 Å². The van der Waals surface area contributed by atoms with Crippen molar-refractivity contribution < 1.29 is 4.57 Å². The average molecular weight is 410 g/mol. The molecule has 6 nitrogen and oxygen atoms in total. The summed E-state index contributed by atoms with van der Waals surface area (Å²) in [6, 6.07) is 14.1. The summed E-state index contributed by atoms with van der Waals surface area (Å²) in [5.41, 5.74) is 19.2. The van der Waals surface area contributed by atoms with Gasteiger partial charge in [-0.25, -0.2) is 4.57 Å². The number of aromatic amines is 1. The minimum atomic E-state index is 0.621. The second-order valence-electron chi connectivity index (χ2n) is 7.93. The number of pyridine rings is 1. The molecule has 1 N–H and O–H groups in total. The van der Waals surface area contributed by atoms with Gasteiger partial charge in [-0.3, -0.25) is 4.99 Å². The van der Waals surface area contributed by atoms with Gasteiger partial charge in [0, 0.05) is 45.3 Å². The highest BCUT2D eigenvalue weighted by atomic mass is 15.1. The van der Waals surface area contributed by atoms with Gasteiger partial charge in [-0.15, -0.1) is 0 Å². The smallest absolute Gasteiger partial charge is 0.173 e. The topological polar surface area (TPSA) is 80.8 Å². The molecule has 1 aromatic carbocycles. The number of hydrogen-bond acceptors (Lipinski definition) is 2. The van der Waals surface area contributed by atoms with Crippen LogP contribution in [0.15, 0.2) is 82.3 Å². The number of hydrogen-bond donors (Lipinski definition) is 1. The molecule has 0 saturated carbocycles. The number of aryl methyl sites for hydroxylation is 2. The van der Waals surface area contributed by atoms with E-state index in [1.807, 2.05) is 31.2 Å². The van der Waals surface area contributed by atoms with Crippen molar-refractivity contribution in [2.24, 2.45) is 10.1 Å². The van der Waals surface area contributed by atoms with Gasteiger partial charge in [0.05, 0.1) is 11.4 Å². The monoisotopic (exact) mass is 409 g/mol. The molecular formula is C25H25N6+. The highest BCUT2D eigenvalue weighted by Gasteiger charge is 2.20. The number of rotatable bonds is 5. The molecule has 31 heavy (non-hydrogen) atoms. The molecule has 0 saturated heterocycles. The van der Waals surface area contributed by atoms with Crippen molar-refractivity contribution >= 4 is 17.0 Å². The Bertz CT molecular complexity index is 1260. The standard InChI is InChI=1S/C25H25N6/c1-16-13-18(3)27-24(16)23(25-17(2)14-19(4)28-25)21-9-11-31(12-10-21)15-20-5-7-22(8-6-20)29-30-26/h5-14,27H,15H2,1-4H3/q+1. The first kappa shape index (κ1) is 20.4. The lowest BCUT2D eigenvalue weighted by molar-refractivity contribution is -0.688. The predicted octanol–water partition coefficient (Wildman–Crippen LogP) is 6.09.